The zero-order chi connectivity index (χ0) is 12.3. The zero-order valence-electron chi connectivity index (χ0n) is 10.1. The maximum Gasteiger partial charge on any atom is 0.246 e. The standard InChI is InChI=1S/C14H18N2O/c1-10-5-4-6-11(9-10)16-13-8-3-2-7-12(13)14(15)17/h4-6,9,16H,2-3,7-8H2,1H3,(H2,15,17). The van der Waals surface area contributed by atoms with Crippen molar-refractivity contribution in [3.8, 4) is 0 Å². The number of hydrogen-bond donors (Lipinski definition) is 2. The smallest absolute Gasteiger partial charge is 0.246 e. The molecular formula is C14H18N2O. The Morgan fingerprint density at radius 3 is 2.76 bits per heavy atom. The van der Waals surface area contributed by atoms with Gasteiger partial charge >= 0.3 is 0 Å². The summed E-state index contributed by atoms with van der Waals surface area (Å²) in [4.78, 5) is 11.3. The lowest BCUT2D eigenvalue weighted by Crippen LogP contribution is -2.21. The molecule has 3 heteroatoms. The third-order valence-corrected chi connectivity index (χ3v) is 3.08. The first-order valence-electron chi connectivity index (χ1n) is 6.02. The Balaban J connectivity index is 2.24. The number of hydrogen-bond acceptors (Lipinski definition) is 2. The fraction of sp³-hybridized carbons (Fsp3) is 0.357. The summed E-state index contributed by atoms with van der Waals surface area (Å²) in [5.74, 6) is -0.292. The van der Waals surface area contributed by atoms with Gasteiger partial charge in [0.25, 0.3) is 0 Å². The summed E-state index contributed by atoms with van der Waals surface area (Å²) in [6, 6.07) is 8.13. The van der Waals surface area contributed by atoms with Gasteiger partial charge in [-0.15, -0.1) is 0 Å². The largest absolute Gasteiger partial charge is 0.366 e. The Hall–Kier alpha value is -1.77. The number of allylic oxidation sites excluding steroid dienone is 1. The van der Waals surface area contributed by atoms with E-state index in [1.807, 2.05) is 12.1 Å². The van der Waals surface area contributed by atoms with Crippen molar-refractivity contribution >= 4 is 11.6 Å². The molecule has 1 aromatic rings. The zero-order valence-corrected chi connectivity index (χ0v) is 10.1. The molecule has 0 aliphatic heterocycles. The second-order valence-electron chi connectivity index (χ2n) is 4.52. The summed E-state index contributed by atoms with van der Waals surface area (Å²) in [5.41, 5.74) is 9.39. The summed E-state index contributed by atoms with van der Waals surface area (Å²) >= 11 is 0. The highest BCUT2D eigenvalue weighted by atomic mass is 16.1. The third kappa shape index (κ3) is 2.87. The van der Waals surface area contributed by atoms with Crippen LogP contribution in [0.1, 0.15) is 31.2 Å². The van der Waals surface area contributed by atoms with E-state index >= 15 is 0 Å². The molecule has 0 spiro atoms. The van der Waals surface area contributed by atoms with Crippen LogP contribution in [0.2, 0.25) is 0 Å². The number of carbonyl (C=O) groups excluding carboxylic acids is 1. The predicted molar refractivity (Wildman–Crippen MR) is 69.5 cm³/mol. The lowest BCUT2D eigenvalue weighted by molar-refractivity contribution is -0.114. The van der Waals surface area contributed by atoms with Gasteiger partial charge in [0, 0.05) is 17.0 Å². The molecular weight excluding hydrogens is 212 g/mol. The van der Waals surface area contributed by atoms with Crippen LogP contribution in [0.5, 0.6) is 0 Å². The number of aryl methyl sites for hydroxylation is 1. The maximum atomic E-state index is 11.3. The number of nitrogens with one attached hydrogen (secondary N) is 1. The molecule has 3 nitrogen and oxygen atoms in total. The minimum absolute atomic E-state index is 0.292. The van der Waals surface area contributed by atoms with E-state index in [0.29, 0.717) is 0 Å². The first-order valence-corrected chi connectivity index (χ1v) is 6.02. The highest BCUT2D eigenvalue weighted by Crippen LogP contribution is 2.26. The van der Waals surface area contributed by atoms with Crippen LogP contribution in [0.25, 0.3) is 0 Å². The Kier molecular flexibility index (Phi) is 3.47. The molecule has 0 unspecified atom stereocenters. The van der Waals surface area contributed by atoms with Crippen molar-refractivity contribution in [3.63, 3.8) is 0 Å². The van der Waals surface area contributed by atoms with Gasteiger partial charge in [0.2, 0.25) is 5.91 Å². The summed E-state index contributed by atoms with van der Waals surface area (Å²) in [7, 11) is 0. The molecule has 1 aliphatic carbocycles. The number of rotatable bonds is 3. The predicted octanol–water partition coefficient (Wildman–Crippen LogP) is 2.72. The van der Waals surface area contributed by atoms with Crippen LogP contribution < -0.4 is 11.1 Å². The number of primary amides is 1. The number of anilines is 1. The lowest BCUT2D eigenvalue weighted by Gasteiger charge is -2.20. The first kappa shape index (κ1) is 11.7. The fourth-order valence-electron chi connectivity index (χ4n) is 2.21. The molecule has 0 atom stereocenters. The van der Waals surface area contributed by atoms with Gasteiger partial charge in [-0.3, -0.25) is 4.79 Å². The van der Waals surface area contributed by atoms with Crippen LogP contribution in [0.15, 0.2) is 35.5 Å². The van der Waals surface area contributed by atoms with Crippen molar-refractivity contribution in [3.05, 3.63) is 41.1 Å². The number of benzene rings is 1. The van der Waals surface area contributed by atoms with Crippen molar-refractivity contribution in [2.75, 3.05) is 5.32 Å². The molecule has 17 heavy (non-hydrogen) atoms. The summed E-state index contributed by atoms with van der Waals surface area (Å²) in [6.07, 6.45) is 3.87. The van der Waals surface area contributed by atoms with E-state index in [9.17, 15) is 4.79 Å². The van der Waals surface area contributed by atoms with Crippen molar-refractivity contribution in [1.29, 1.82) is 0 Å². The molecule has 0 saturated carbocycles. The van der Waals surface area contributed by atoms with Crippen LogP contribution in [-0.4, -0.2) is 5.91 Å². The van der Waals surface area contributed by atoms with Gasteiger partial charge in [-0.1, -0.05) is 12.1 Å². The topological polar surface area (TPSA) is 55.1 Å². The van der Waals surface area contributed by atoms with Gasteiger partial charge in [0.1, 0.15) is 0 Å². The number of nitrogens with two attached hydrogens (primary N) is 1. The summed E-state index contributed by atoms with van der Waals surface area (Å²) in [5, 5.41) is 3.33. The SMILES string of the molecule is Cc1cccc(NC2=C(C(N)=O)CCCC2)c1. The van der Waals surface area contributed by atoms with Crippen LogP contribution in [-0.2, 0) is 4.79 Å². The summed E-state index contributed by atoms with van der Waals surface area (Å²) in [6.45, 7) is 2.05. The van der Waals surface area contributed by atoms with Gasteiger partial charge < -0.3 is 11.1 Å². The number of amides is 1. The molecule has 0 aromatic heterocycles. The number of carbonyl (C=O) groups is 1. The Bertz CT molecular complexity index is 463. The average Bonchev–Trinajstić information content (AvgIpc) is 2.29. The van der Waals surface area contributed by atoms with Gasteiger partial charge in [-0.2, -0.15) is 0 Å². The van der Waals surface area contributed by atoms with Crippen LogP contribution in [0, 0.1) is 6.92 Å². The van der Waals surface area contributed by atoms with E-state index in [1.54, 1.807) is 0 Å². The molecule has 1 aliphatic rings. The minimum atomic E-state index is -0.292. The average molecular weight is 230 g/mol. The van der Waals surface area contributed by atoms with Crippen molar-refractivity contribution in [2.24, 2.45) is 5.73 Å². The van der Waals surface area contributed by atoms with E-state index in [0.717, 1.165) is 42.6 Å². The Morgan fingerprint density at radius 1 is 1.29 bits per heavy atom. The minimum Gasteiger partial charge on any atom is -0.366 e. The molecule has 2 rings (SSSR count). The second-order valence-corrected chi connectivity index (χ2v) is 4.52. The van der Waals surface area contributed by atoms with Gasteiger partial charge in [-0.25, -0.2) is 0 Å². The molecule has 0 radical (unpaired) electrons. The molecule has 1 aromatic carbocycles. The summed E-state index contributed by atoms with van der Waals surface area (Å²) < 4.78 is 0. The van der Waals surface area contributed by atoms with Crippen molar-refractivity contribution in [1.82, 2.24) is 0 Å². The highest BCUT2D eigenvalue weighted by molar-refractivity contribution is 5.93. The molecule has 1 amide bonds. The van der Waals surface area contributed by atoms with E-state index in [2.05, 4.69) is 24.4 Å². The molecule has 3 N–H and O–H groups in total. The fourth-order valence-corrected chi connectivity index (χ4v) is 2.21. The van der Waals surface area contributed by atoms with Crippen molar-refractivity contribution in [2.45, 2.75) is 32.6 Å². The highest BCUT2D eigenvalue weighted by Gasteiger charge is 2.16. The van der Waals surface area contributed by atoms with Gasteiger partial charge in [0.15, 0.2) is 0 Å². The van der Waals surface area contributed by atoms with Crippen molar-refractivity contribution < 1.29 is 4.79 Å². The normalized spacial score (nSPS) is 15.8. The Morgan fingerprint density at radius 2 is 2.06 bits per heavy atom. The second kappa shape index (κ2) is 5.04. The molecule has 0 saturated heterocycles. The Labute approximate surface area is 102 Å². The van der Waals surface area contributed by atoms with E-state index < -0.39 is 0 Å². The first-order chi connectivity index (χ1) is 8.16. The van der Waals surface area contributed by atoms with E-state index in [-0.39, 0.29) is 5.91 Å². The maximum absolute atomic E-state index is 11.3. The van der Waals surface area contributed by atoms with Gasteiger partial charge in [-0.05, 0) is 50.3 Å². The van der Waals surface area contributed by atoms with Crippen LogP contribution >= 0.6 is 0 Å². The lowest BCUT2D eigenvalue weighted by atomic mass is 9.95. The monoisotopic (exact) mass is 230 g/mol. The van der Waals surface area contributed by atoms with E-state index in [4.69, 9.17) is 5.73 Å². The molecule has 0 bridgehead atoms. The molecule has 0 fully saturated rings. The molecule has 90 valence electrons. The third-order valence-electron chi connectivity index (χ3n) is 3.08. The molecule has 0 heterocycles. The van der Waals surface area contributed by atoms with Gasteiger partial charge in [0.05, 0.1) is 0 Å². The van der Waals surface area contributed by atoms with E-state index in [1.165, 1.54) is 5.56 Å². The quantitative estimate of drug-likeness (QED) is 0.838. The van der Waals surface area contributed by atoms with Crippen LogP contribution in [0.3, 0.4) is 0 Å². The van der Waals surface area contributed by atoms with Crippen LogP contribution in [0.4, 0.5) is 5.69 Å².